The molecule has 0 amide bonds. The van der Waals surface area contributed by atoms with Crippen LogP contribution in [0.3, 0.4) is 0 Å². The Morgan fingerprint density at radius 3 is 3.00 bits per heavy atom. The van der Waals surface area contributed by atoms with Crippen molar-refractivity contribution in [1.29, 1.82) is 0 Å². The highest BCUT2D eigenvalue weighted by molar-refractivity contribution is 5.70. The Kier molecular flexibility index (Phi) is 2.96. The molecule has 9 nitrogen and oxygen atoms in total. The van der Waals surface area contributed by atoms with E-state index >= 15 is 0 Å². The SMILES string of the molecule is Cn1c(N)nc2c(ncn2[C@H]2C[C@H](O)[C@@H](CO)O2)c1=O. The van der Waals surface area contributed by atoms with Crippen molar-refractivity contribution < 1.29 is 14.9 Å². The van der Waals surface area contributed by atoms with E-state index in [0.717, 1.165) is 0 Å². The molecule has 9 heteroatoms. The topological polar surface area (TPSA) is 128 Å². The van der Waals surface area contributed by atoms with Gasteiger partial charge in [-0.25, -0.2) is 4.98 Å². The van der Waals surface area contributed by atoms with Crippen LogP contribution in [0.2, 0.25) is 0 Å². The van der Waals surface area contributed by atoms with Gasteiger partial charge in [-0.1, -0.05) is 0 Å². The first-order chi connectivity index (χ1) is 9.52. The quantitative estimate of drug-likeness (QED) is 0.601. The summed E-state index contributed by atoms with van der Waals surface area (Å²) in [6.07, 6.45) is -0.248. The fourth-order valence-corrected chi connectivity index (χ4v) is 2.32. The third kappa shape index (κ3) is 1.79. The summed E-state index contributed by atoms with van der Waals surface area (Å²) in [4.78, 5) is 20.2. The average molecular weight is 281 g/mol. The molecule has 3 heterocycles. The molecule has 4 N–H and O–H groups in total. The van der Waals surface area contributed by atoms with E-state index in [9.17, 15) is 9.90 Å². The Morgan fingerprint density at radius 2 is 2.35 bits per heavy atom. The zero-order valence-electron chi connectivity index (χ0n) is 10.8. The summed E-state index contributed by atoms with van der Waals surface area (Å²) >= 11 is 0. The van der Waals surface area contributed by atoms with Gasteiger partial charge in [0.05, 0.1) is 19.0 Å². The largest absolute Gasteiger partial charge is 0.394 e. The minimum absolute atomic E-state index is 0.0708. The van der Waals surface area contributed by atoms with Gasteiger partial charge in [-0.2, -0.15) is 4.98 Å². The maximum Gasteiger partial charge on any atom is 0.282 e. The van der Waals surface area contributed by atoms with Crippen molar-refractivity contribution in [3.8, 4) is 0 Å². The van der Waals surface area contributed by atoms with Crippen molar-refractivity contribution in [1.82, 2.24) is 19.1 Å². The van der Waals surface area contributed by atoms with Crippen LogP contribution >= 0.6 is 0 Å². The third-order valence-corrected chi connectivity index (χ3v) is 3.53. The number of imidazole rings is 1. The van der Waals surface area contributed by atoms with Crippen LogP contribution < -0.4 is 11.3 Å². The lowest BCUT2D eigenvalue weighted by atomic mass is 10.2. The number of aromatic nitrogens is 4. The van der Waals surface area contributed by atoms with E-state index in [2.05, 4.69) is 9.97 Å². The van der Waals surface area contributed by atoms with Gasteiger partial charge in [-0.15, -0.1) is 0 Å². The van der Waals surface area contributed by atoms with Crippen LogP contribution in [0.4, 0.5) is 5.95 Å². The average Bonchev–Trinajstić information content (AvgIpc) is 2.99. The number of nitrogens with two attached hydrogens (primary N) is 1. The summed E-state index contributed by atoms with van der Waals surface area (Å²) in [5.74, 6) is 0.0708. The van der Waals surface area contributed by atoms with E-state index in [-0.39, 0.29) is 30.1 Å². The number of nitrogen functional groups attached to an aromatic ring is 1. The summed E-state index contributed by atoms with van der Waals surface area (Å²) in [5.41, 5.74) is 5.82. The van der Waals surface area contributed by atoms with Crippen molar-refractivity contribution >= 4 is 17.1 Å². The molecular weight excluding hydrogens is 266 g/mol. The van der Waals surface area contributed by atoms with Crippen LogP contribution in [0.25, 0.3) is 11.2 Å². The normalized spacial score (nSPS) is 26.4. The molecule has 108 valence electrons. The number of nitrogens with zero attached hydrogens (tertiary/aromatic N) is 4. The molecule has 3 rings (SSSR count). The lowest BCUT2D eigenvalue weighted by molar-refractivity contribution is -0.0432. The highest BCUT2D eigenvalue weighted by Gasteiger charge is 2.35. The van der Waals surface area contributed by atoms with E-state index in [1.165, 1.54) is 17.9 Å². The van der Waals surface area contributed by atoms with Gasteiger partial charge in [-0.3, -0.25) is 13.9 Å². The van der Waals surface area contributed by atoms with Crippen LogP contribution in [0.1, 0.15) is 12.6 Å². The minimum Gasteiger partial charge on any atom is -0.394 e. The molecule has 1 saturated heterocycles. The second kappa shape index (κ2) is 4.54. The molecule has 1 aliphatic heterocycles. The van der Waals surface area contributed by atoms with Gasteiger partial charge >= 0.3 is 0 Å². The fourth-order valence-electron chi connectivity index (χ4n) is 2.32. The van der Waals surface area contributed by atoms with Gasteiger partial charge in [-0.05, 0) is 0 Å². The summed E-state index contributed by atoms with van der Waals surface area (Å²) in [6, 6.07) is 0. The second-order valence-corrected chi connectivity index (χ2v) is 4.77. The van der Waals surface area contributed by atoms with Crippen LogP contribution in [-0.2, 0) is 11.8 Å². The lowest BCUT2D eigenvalue weighted by Crippen LogP contribution is -2.24. The zero-order valence-corrected chi connectivity index (χ0v) is 10.8. The second-order valence-electron chi connectivity index (χ2n) is 4.77. The fraction of sp³-hybridized carbons (Fsp3) is 0.545. The summed E-state index contributed by atoms with van der Waals surface area (Å²) in [6.45, 7) is -0.276. The first-order valence-corrected chi connectivity index (χ1v) is 6.16. The van der Waals surface area contributed by atoms with Crippen LogP contribution in [0.15, 0.2) is 11.1 Å². The van der Waals surface area contributed by atoms with Crippen molar-refractivity contribution in [2.45, 2.75) is 24.9 Å². The molecule has 1 fully saturated rings. The molecule has 1 aliphatic rings. The monoisotopic (exact) mass is 281 g/mol. The van der Waals surface area contributed by atoms with E-state index in [0.29, 0.717) is 5.65 Å². The Morgan fingerprint density at radius 1 is 1.60 bits per heavy atom. The summed E-state index contributed by atoms with van der Waals surface area (Å²) < 4.78 is 8.28. The van der Waals surface area contributed by atoms with Gasteiger partial charge < -0.3 is 20.7 Å². The standard InChI is InChI=1S/C11H15N5O4/c1-15-10(19)8-9(14-11(15)12)16(4-13-8)7-2-5(18)6(3-17)20-7/h4-7,17-18H,2-3H2,1H3,(H2,12,14)/t5-,6+,7+/m0/s1. The van der Waals surface area contributed by atoms with Gasteiger partial charge in [0, 0.05) is 13.5 Å². The Labute approximate surface area is 113 Å². The molecule has 0 unspecified atom stereocenters. The van der Waals surface area contributed by atoms with E-state index < -0.39 is 18.4 Å². The summed E-state index contributed by atoms with van der Waals surface area (Å²) in [7, 11) is 1.51. The van der Waals surface area contributed by atoms with Gasteiger partial charge in [0.15, 0.2) is 11.2 Å². The molecule has 0 bridgehead atoms. The predicted molar refractivity (Wildman–Crippen MR) is 68.8 cm³/mol. The van der Waals surface area contributed by atoms with Crippen molar-refractivity contribution in [3.05, 3.63) is 16.7 Å². The number of aliphatic hydroxyl groups is 2. The van der Waals surface area contributed by atoms with Crippen molar-refractivity contribution in [2.75, 3.05) is 12.3 Å². The first kappa shape index (κ1) is 13.0. The zero-order chi connectivity index (χ0) is 14.4. The predicted octanol–water partition coefficient (Wildman–Crippen LogP) is -1.65. The minimum atomic E-state index is -0.772. The molecule has 2 aromatic rings. The molecule has 0 radical (unpaired) electrons. The third-order valence-electron chi connectivity index (χ3n) is 3.53. The smallest absolute Gasteiger partial charge is 0.282 e. The van der Waals surface area contributed by atoms with E-state index in [1.54, 1.807) is 4.57 Å². The maximum absolute atomic E-state index is 12.0. The van der Waals surface area contributed by atoms with Crippen LogP contribution in [0.5, 0.6) is 0 Å². The molecule has 2 aromatic heterocycles. The van der Waals surface area contributed by atoms with Gasteiger partial charge in [0.1, 0.15) is 12.3 Å². The Balaban J connectivity index is 2.08. The number of ether oxygens (including phenoxy) is 1. The molecule has 0 aromatic carbocycles. The molecular formula is C11H15N5O4. The Hall–Kier alpha value is -1.97. The Bertz CT molecular complexity index is 709. The van der Waals surface area contributed by atoms with Crippen LogP contribution in [-0.4, -0.2) is 48.1 Å². The van der Waals surface area contributed by atoms with Crippen LogP contribution in [0, 0.1) is 0 Å². The maximum atomic E-state index is 12.0. The van der Waals surface area contributed by atoms with Gasteiger partial charge in [0.25, 0.3) is 5.56 Å². The van der Waals surface area contributed by atoms with Crippen molar-refractivity contribution in [2.24, 2.45) is 7.05 Å². The lowest BCUT2D eigenvalue weighted by Gasteiger charge is -2.13. The van der Waals surface area contributed by atoms with Crippen molar-refractivity contribution in [3.63, 3.8) is 0 Å². The number of hydrogen-bond donors (Lipinski definition) is 3. The molecule has 0 saturated carbocycles. The number of hydrogen-bond acceptors (Lipinski definition) is 7. The van der Waals surface area contributed by atoms with E-state index in [4.69, 9.17) is 15.6 Å². The highest BCUT2D eigenvalue weighted by Crippen LogP contribution is 2.30. The first-order valence-electron chi connectivity index (χ1n) is 6.16. The van der Waals surface area contributed by atoms with Gasteiger partial charge in [0.2, 0.25) is 5.95 Å². The number of fused-ring (bicyclic) bond motifs is 1. The molecule has 20 heavy (non-hydrogen) atoms. The number of rotatable bonds is 2. The molecule has 0 spiro atoms. The number of anilines is 1. The highest BCUT2D eigenvalue weighted by atomic mass is 16.5. The van der Waals surface area contributed by atoms with E-state index in [1.807, 2.05) is 0 Å². The summed E-state index contributed by atoms with van der Waals surface area (Å²) in [5, 5.41) is 18.8. The molecule has 0 aliphatic carbocycles. The number of aliphatic hydroxyl groups excluding tert-OH is 2. The molecule has 3 atom stereocenters.